The Morgan fingerprint density at radius 3 is 2.39 bits per heavy atom. The SMILES string of the molecule is CCCS(=O)(=O)Nc1ccc(-c2c(N)c3ccc(OCCCN4C(=O)CCC4=O)cc3n2C2CCC2)cc1. The second-order valence-electron chi connectivity index (χ2n) is 10.0. The van der Waals surface area contributed by atoms with E-state index in [1.807, 2.05) is 37.3 Å². The van der Waals surface area contributed by atoms with E-state index in [1.54, 1.807) is 12.1 Å². The molecule has 0 bridgehead atoms. The van der Waals surface area contributed by atoms with Crippen molar-refractivity contribution in [2.45, 2.75) is 57.9 Å². The van der Waals surface area contributed by atoms with E-state index in [2.05, 4.69) is 9.29 Å². The zero-order valence-corrected chi connectivity index (χ0v) is 22.4. The van der Waals surface area contributed by atoms with E-state index in [9.17, 15) is 18.0 Å². The number of carbonyl (C=O) groups excluding carboxylic acids is 2. The van der Waals surface area contributed by atoms with Crippen LogP contribution < -0.4 is 15.2 Å². The van der Waals surface area contributed by atoms with Gasteiger partial charge in [0.05, 0.1) is 29.3 Å². The smallest absolute Gasteiger partial charge is 0.232 e. The molecule has 2 aliphatic rings. The molecule has 1 saturated heterocycles. The molecule has 0 unspecified atom stereocenters. The fourth-order valence-electron chi connectivity index (χ4n) is 5.21. The molecule has 1 aromatic heterocycles. The molecule has 0 spiro atoms. The number of imide groups is 1. The summed E-state index contributed by atoms with van der Waals surface area (Å²) in [5.74, 6) is 0.575. The zero-order chi connectivity index (χ0) is 26.9. The Bertz CT molecular complexity index is 1440. The van der Waals surface area contributed by atoms with Crippen LogP contribution in [0.2, 0.25) is 0 Å². The molecule has 2 fully saturated rings. The third-order valence-electron chi connectivity index (χ3n) is 7.31. The number of hydrogen-bond donors (Lipinski definition) is 2. The van der Waals surface area contributed by atoms with E-state index < -0.39 is 10.0 Å². The van der Waals surface area contributed by atoms with Crippen molar-refractivity contribution in [2.75, 3.05) is 29.4 Å². The van der Waals surface area contributed by atoms with Crippen LogP contribution in [0, 0.1) is 0 Å². The second kappa shape index (κ2) is 10.7. The Hall–Kier alpha value is -3.53. The molecule has 1 saturated carbocycles. The van der Waals surface area contributed by atoms with Crippen molar-refractivity contribution in [3.05, 3.63) is 42.5 Å². The number of nitrogens with one attached hydrogen (secondary N) is 1. The number of anilines is 2. The normalized spacial score (nSPS) is 16.3. The van der Waals surface area contributed by atoms with Gasteiger partial charge in [-0.1, -0.05) is 19.1 Å². The van der Waals surface area contributed by atoms with Crippen molar-refractivity contribution in [3.63, 3.8) is 0 Å². The van der Waals surface area contributed by atoms with Crippen molar-refractivity contribution in [1.82, 2.24) is 9.47 Å². The monoisotopic (exact) mass is 538 g/mol. The van der Waals surface area contributed by atoms with Crippen LogP contribution in [0.25, 0.3) is 22.2 Å². The van der Waals surface area contributed by atoms with Crippen LogP contribution in [0.3, 0.4) is 0 Å². The van der Waals surface area contributed by atoms with Gasteiger partial charge < -0.3 is 15.0 Å². The van der Waals surface area contributed by atoms with Gasteiger partial charge in [0.15, 0.2) is 0 Å². The molecule has 3 aromatic rings. The fourth-order valence-corrected chi connectivity index (χ4v) is 6.34. The molecule has 1 aliphatic carbocycles. The molecule has 9 nitrogen and oxygen atoms in total. The highest BCUT2D eigenvalue weighted by atomic mass is 32.2. The maximum Gasteiger partial charge on any atom is 0.232 e. The third kappa shape index (κ3) is 5.22. The average molecular weight is 539 g/mol. The minimum absolute atomic E-state index is 0.0799. The molecule has 2 amide bonds. The molecule has 38 heavy (non-hydrogen) atoms. The van der Waals surface area contributed by atoms with Gasteiger partial charge in [-0.25, -0.2) is 8.42 Å². The summed E-state index contributed by atoms with van der Waals surface area (Å²) in [6, 6.07) is 13.6. The zero-order valence-electron chi connectivity index (χ0n) is 21.6. The summed E-state index contributed by atoms with van der Waals surface area (Å²) >= 11 is 0. The number of benzene rings is 2. The lowest BCUT2D eigenvalue weighted by molar-refractivity contribution is -0.138. The molecule has 0 radical (unpaired) electrons. The van der Waals surface area contributed by atoms with Crippen LogP contribution >= 0.6 is 0 Å². The van der Waals surface area contributed by atoms with Gasteiger partial charge in [0.25, 0.3) is 0 Å². The Labute approximate surface area is 223 Å². The van der Waals surface area contributed by atoms with E-state index in [-0.39, 0.29) is 17.6 Å². The van der Waals surface area contributed by atoms with Crippen LogP contribution in [-0.2, 0) is 19.6 Å². The number of fused-ring (bicyclic) bond motifs is 1. The van der Waals surface area contributed by atoms with Crippen LogP contribution in [0.15, 0.2) is 42.5 Å². The molecule has 202 valence electrons. The number of ether oxygens (including phenoxy) is 1. The van der Waals surface area contributed by atoms with Gasteiger partial charge in [-0.3, -0.25) is 19.2 Å². The summed E-state index contributed by atoms with van der Waals surface area (Å²) in [6.07, 6.45) is 5.01. The molecule has 2 aromatic carbocycles. The summed E-state index contributed by atoms with van der Waals surface area (Å²) in [7, 11) is -3.36. The van der Waals surface area contributed by atoms with E-state index >= 15 is 0 Å². The van der Waals surface area contributed by atoms with Gasteiger partial charge in [0.2, 0.25) is 21.8 Å². The number of likely N-dealkylation sites (tertiary alicyclic amines) is 1. The third-order valence-corrected chi connectivity index (χ3v) is 8.80. The topological polar surface area (TPSA) is 124 Å². The van der Waals surface area contributed by atoms with E-state index in [0.29, 0.717) is 62.0 Å². The number of nitrogens with zero attached hydrogens (tertiary/aromatic N) is 2. The van der Waals surface area contributed by atoms with E-state index in [1.165, 1.54) is 4.90 Å². The summed E-state index contributed by atoms with van der Waals surface area (Å²) in [5, 5.41) is 0.945. The number of hydrogen-bond acceptors (Lipinski definition) is 6. The summed E-state index contributed by atoms with van der Waals surface area (Å²) in [6.45, 7) is 2.60. The summed E-state index contributed by atoms with van der Waals surface area (Å²) in [5.41, 5.74) is 10.8. The number of carbonyl (C=O) groups is 2. The van der Waals surface area contributed by atoms with E-state index in [0.717, 1.165) is 41.4 Å². The maximum absolute atomic E-state index is 12.2. The Morgan fingerprint density at radius 1 is 1.05 bits per heavy atom. The minimum atomic E-state index is -3.36. The number of amides is 2. The van der Waals surface area contributed by atoms with Gasteiger partial charge in [0, 0.05) is 48.1 Å². The first kappa shape index (κ1) is 26.1. The molecule has 10 heteroatoms. The Kier molecular flexibility index (Phi) is 7.34. The number of sulfonamides is 1. The largest absolute Gasteiger partial charge is 0.493 e. The van der Waals surface area contributed by atoms with Crippen LogP contribution in [0.1, 0.15) is 57.9 Å². The van der Waals surface area contributed by atoms with Crippen molar-refractivity contribution in [3.8, 4) is 17.0 Å². The lowest BCUT2D eigenvalue weighted by Gasteiger charge is -2.30. The standard InChI is InChI=1S/C28H34N4O5S/c1-2-17-38(35,36)30-20-9-7-19(8-10-20)28-27(29)23-12-11-22(18-24(23)32(28)21-5-3-6-21)37-16-4-15-31-25(33)13-14-26(31)34/h7-12,18,21,30H,2-6,13-17,29H2,1H3. The molecule has 2 heterocycles. The van der Waals surface area contributed by atoms with Gasteiger partial charge >= 0.3 is 0 Å². The van der Waals surface area contributed by atoms with Gasteiger partial charge in [-0.15, -0.1) is 0 Å². The highest BCUT2D eigenvalue weighted by Gasteiger charge is 2.29. The molecule has 5 rings (SSSR count). The quantitative estimate of drug-likeness (QED) is 0.270. The second-order valence-corrected chi connectivity index (χ2v) is 11.9. The van der Waals surface area contributed by atoms with Gasteiger partial charge in [-0.05, 0) is 56.4 Å². The Morgan fingerprint density at radius 2 is 1.76 bits per heavy atom. The molecular weight excluding hydrogens is 504 g/mol. The van der Waals surface area contributed by atoms with Gasteiger partial charge in [0.1, 0.15) is 5.75 Å². The highest BCUT2D eigenvalue weighted by Crippen LogP contribution is 2.45. The lowest BCUT2D eigenvalue weighted by atomic mass is 9.92. The average Bonchev–Trinajstić information content (AvgIpc) is 3.31. The molecular formula is C28H34N4O5S. The van der Waals surface area contributed by atoms with Crippen molar-refractivity contribution in [1.29, 1.82) is 0 Å². The van der Waals surface area contributed by atoms with Gasteiger partial charge in [-0.2, -0.15) is 0 Å². The lowest BCUT2D eigenvalue weighted by Crippen LogP contribution is -2.30. The van der Waals surface area contributed by atoms with Crippen molar-refractivity contribution < 1.29 is 22.7 Å². The van der Waals surface area contributed by atoms with Crippen molar-refractivity contribution in [2.24, 2.45) is 0 Å². The molecule has 0 atom stereocenters. The number of nitrogen functional groups attached to an aromatic ring is 1. The van der Waals surface area contributed by atoms with Crippen LogP contribution in [-0.4, -0.2) is 48.6 Å². The minimum Gasteiger partial charge on any atom is -0.493 e. The molecule has 1 aliphatic heterocycles. The first-order chi connectivity index (χ1) is 18.3. The Balaban J connectivity index is 1.38. The van der Waals surface area contributed by atoms with E-state index in [4.69, 9.17) is 10.5 Å². The predicted octanol–water partition coefficient (Wildman–Crippen LogP) is 4.69. The summed E-state index contributed by atoms with van der Waals surface area (Å²) < 4.78 is 35.2. The number of rotatable bonds is 11. The highest BCUT2D eigenvalue weighted by molar-refractivity contribution is 7.92. The predicted molar refractivity (Wildman–Crippen MR) is 148 cm³/mol. The number of nitrogens with two attached hydrogens (primary N) is 1. The summed E-state index contributed by atoms with van der Waals surface area (Å²) in [4.78, 5) is 24.9. The first-order valence-electron chi connectivity index (χ1n) is 13.3. The first-order valence-corrected chi connectivity index (χ1v) is 14.9. The van der Waals surface area contributed by atoms with Crippen molar-refractivity contribution >= 4 is 44.1 Å². The number of aromatic nitrogens is 1. The fraction of sp³-hybridized carbons (Fsp3) is 0.429. The molecule has 3 N–H and O–H groups in total. The maximum atomic E-state index is 12.2. The van der Waals surface area contributed by atoms with Crippen LogP contribution in [0.4, 0.5) is 11.4 Å². The van der Waals surface area contributed by atoms with Crippen LogP contribution in [0.5, 0.6) is 5.75 Å².